The van der Waals surface area contributed by atoms with Crippen LogP contribution in [0.1, 0.15) is 39.0 Å². The Bertz CT molecular complexity index is 184. The van der Waals surface area contributed by atoms with Crippen LogP contribution in [0.25, 0.3) is 0 Å². The number of rotatable bonds is 0. The van der Waals surface area contributed by atoms with Crippen molar-refractivity contribution in [2.24, 2.45) is 5.92 Å². The average molecular weight is 153 g/mol. The minimum absolute atomic E-state index is 0.251. The summed E-state index contributed by atoms with van der Waals surface area (Å²) in [6.07, 6.45) is 6.03. The quantitative estimate of drug-likeness (QED) is 0.560. The lowest BCUT2D eigenvalue weighted by molar-refractivity contribution is -0.131. The molecule has 2 fully saturated rings. The Morgan fingerprint density at radius 3 is 2.64 bits per heavy atom. The molecule has 0 aromatic heterocycles. The van der Waals surface area contributed by atoms with E-state index in [-0.39, 0.29) is 17.4 Å². The fourth-order valence-corrected chi connectivity index (χ4v) is 2.05. The van der Waals surface area contributed by atoms with E-state index in [1.54, 1.807) is 0 Å². The molecule has 1 atom stereocenters. The van der Waals surface area contributed by atoms with E-state index in [0.717, 1.165) is 6.42 Å². The molecule has 62 valence electrons. The van der Waals surface area contributed by atoms with Crippen LogP contribution >= 0.6 is 0 Å². The zero-order valence-corrected chi connectivity index (χ0v) is 7.02. The summed E-state index contributed by atoms with van der Waals surface area (Å²) < 4.78 is 0. The Morgan fingerprint density at radius 1 is 1.45 bits per heavy atom. The number of piperidine rings is 1. The molecule has 0 bridgehead atoms. The zero-order chi connectivity index (χ0) is 7.90. The van der Waals surface area contributed by atoms with Crippen molar-refractivity contribution >= 4 is 5.91 Å². The molecule has 1 aliphatic heterocycles. The summed E-state index contributed by atoms with van der Waals surface area (Å²) >= 11 is 0. The Morgan fingerprint density at radius 2 is 2.18 bits per heavy atom. The van der Waals surface area contributed by atoms with Crippen LogP contribution in [0.3, 0.4) is 0 Å². The number of nitrogens with one attached hydrogen (secondary N) is 1. The predicted molar refractivity (Wildman–Crippen MR) is 43.1 cm³/mol. The van der Waals surface area contributed by atoms with E-state index < -0.39 is 0 Å². The third-order valence-electron chi connectivity index (χ3n) is 3.20. The van der Waals surface area contributed by atoms with Crippen molar-refractivity contribution in [3.63, 3.8) is 0 Å². The van der Waals surface area contributed by atoms with Gasteiger partial charge in [0.15, 0.2) is 0 Å². The van der Waals surface area contributed by atoms with Gasteiger partial charge in [-0.2, -0.15) is 0 Å². The van der Waals surface area contributed by atoms with Crippen molar-refractivity contribution in [1.29, 1.82) is 0 Å². The van der Waals surface area contributed by atoms with Crippen LogP contribution in [0.4, 0.5) is 0 Å². The summed E-state index contributed by atoms with van der Waals surface area (Å²) in [5, 5.41) is 3.14. The first kappa shape index (κ1) is 7.14. The monoisotopic (exact) mass is 153 g/mol. The van der Waals surface area contributed by atoms with E-state index in [9.17, 15) is 4.79 Å². The van der Waals surface area contributed by atoms with Gasteiger partial charge in [0.1, 0.15) is 0 Å². The van der Waals surface area contributed by atoms with Crippen molar-refractivity contribution < 1.29 is 4.79 Å². The second-order valence-electron chi connectivity index (χ2n) is 4.06. The van der Waals surface area contributed by atoms with E-state index in [1.807, 2.05) is 6.92 Å². The lowest BCUT2D eigenvalue weighted by Crippen LogP contribution is -2.58. The van der Waals surface area contributed by atoms with Crippen molar-refractivity contribution in [3.8, 4) is 0 Å². The second-order valence-corrected chi connectivity index (χ2v) is 4.06. The molecule has 1 N–H and O–H groups in total. The minimum atomic E-state index is 0.251. The van der Waals surface area contributed by atoms with E-state index in [1.165, 1.54) is 25.7 Å². The molecule has 1 heterocycles. The molecule has 2 aliphatic rings. The molecular formula is C9H15NO. The highest BCUT2D eigenvalue weighted by Crippen LogP contribution is 2.39. The maximum atomic E-state index is 11.3. The normalized spacial score (nSPS) is 34.6. The van der Waals surface area contributed by atoms with Gasteiger partial charge in [-0.25, -0.2) is 0 Å². The standard InChI is InChI=1S/C9H15NO/c1-7-3-6-9(4-2-5-9)10-8(7)11/h7H,2-6H2,1H3,(H,10,11). The van der Waals surface area contributed by atoms with E-state index in [0.29, 0.717) is 0 Å². The van der Waals surface area contributed by atoms with Crippen LogP contribution < -0.4 is 5.32 Å². The molecule has 2 rings (SSSR count). The van der Waals surface area contributed by atoms with E-state index in [4.69, 9.17) is 0 Å². The Kier molecular flexibility index (Phi) is 1.44. The van der Waals surface area contributed by atoms with E-state index in [2.05, 4.69) is 5.32 Å². The van der Waals surface area contributed by atoms with Gasteiger partial charge in [0.2, 0.25) is 5.91 Å². The van der Waals surface area contributed by atoms with Gasteiger partial charge in [-0.3, -0.25) is 4.79 Å². The first-order valence-electron chi connectivity index (χ1n) is 4.54. The molecule has 0 aromatic carbocycles. The van der Waals surface area contributed by atoms with Crippen LogP contribution in [0.15, 0.2) is 0 Å². The molecule has 1 spiro atoms. The third kappa shape index (κ3) is 1.05. The summed E-state index contributed by atoms with van der Waals surface area (Å²) in [5.41, 5.74) is 0.254. The molecule has 1 amide bonds. The van der Waals surface area contributed by atoms with Gasteiger partial charge < -0.3 is 5.32 Å². The second kappa shape index (κ2) is 2.23. The molecule has 1 unspecified atom stereocenters. The molecule has 0 radical (unpaired) electrons. The summed E-state index contributed by atoms with van der Waals surface area (Å²) in [7, 11) is 0. The Balaban J connectivity index is 2.03. The summed E-state index contributed by atoms with van der Waals surface area (Å²) in [6, 6.07) is 0. The van der Waals surface area contributed by atoms with Gasteiger partial charge in [0, 0.05) is 11.5 Å². The number of hydrogen-bond acceptors (Lipinski definition) is 1. The highest BCUT2D eigenvalue weighted by atomic mass is 16.2. The highest BCUT2D eigenvalue weighted by molar-refractivity contribution is 5.80. The van der Waals surface area contributed by atoms with Crippen molar-refractivity contribution in [2.75, 3.05) is 0 Å². The van der Waals surface area contributed by atoms with Crippen LogP contribution in [0, 0.1) is 5.92 Å². The van der Waals surface area contributed by atoms with Gasteiger partial charge in [0.25, 0.3) is 0 Å². The maximum absolute atomic E-state index is 11.3. The van der Waals surface area contributed by atoms with Crippen molar-refractivity contribution in [2.45, 2.75) is 44.6 Å². The molecule has 1 aliphatic carbocycles. The summed E-state index contributed by atoms with van der Waals surface area (Å²) in [6.45, 7) is 2.01. The predicted octanol–water partition coefficient (Wildman–Crippen LogP) is 1.46. The molecule has 2 nitrogen and oxygen atoms in total. The topological polar surface area (TPSA) is 29.1 Å². The van der Waals surface area contributed by atoms with Crippen LogP contribution in [-0.4, -0.2) is 11.4 Å². The molecular weight excluding hydrogens is 138 g/mol. The molecule has 1 saturated heterocycles. The first-order valence-corrected chi connectivity index (χ1v) is 4.54. The fraction of sp³-hybridized carbons (Fsp3) is 0.889. The van der Waals surface area contributed by atoms with Gasteiger partial charge in [0.05, 0.1) is 0 Å². The fourth-order valence-electron chi connectivity index (χ4n) is 2.05. The lowest BCUT2D eigenvalue weighted by atomic mass is 9.70. The minimum Gasteiger partial charge on any atom is -0.350 e. The van der Waals surface area contributed by atoms with Crippen LogP contribution in [-0.2, 0) is 4.79 Å². The third-order valence-corrected chi connectivity index (χ3v) is 3.20. The molecule has 2 heteroatoms. The number of amides is 1. The average Bonchev–Trinajstić information content (AvgIpc) is 1.92. The first-order chi connectivity index (χ1) is 5.22. The Hall–Kier alpha value is -0.530. The van der Waals surface area contributed by atoms with Crippen LogP contribution in [0.2, 0.25) is 0 Å². The van der Waals surface area contributed by atoms with Gasteiger partial charge in [-0.1, -0.05) is 6.92 Å². The largest absolute Gasteiger partial charge is 0.350 e. The lowest BCUT2D eigenvalue weighted by Gasteiger charge is -2.46. The smallest absolute Gasteiger partial charge is 0.223 e. The number of carbonyl (C=O) groups is 1. The molecule has 0 aromatic rings. The Labute approximate surface area is 67.4 Å². The van der Waals surface area contributed by atoms with Gasteiger partial charge >= 0.3 is 0 Å². The van der Waals surface area contributed by atoms with Gasteiger partial charge in [-0.15, -0.1) is 0 Å². The molecule has 11 heavy (non-hydrogen) atoms. The zero-order valence-electron chi connectivity index (χ0n) is 7.02. The summed E-state index contributed by atoms with van der Waals surface area (Å²) in [4.78, 5) is 11.3. The number of carbonyl (C=O) groups excluding carboxylic acids is 1. The maximum Gasteiger partial charge on any atom is 0.223 e. The number of hydrogen-bond donors (Lipinski definition) is 1. The van der Waals surface area contributed by atoms with Crippen molar-refractivity contribution in [1.82, 2.24) is 5.32 Å². The highest BCUT2D eigenvalue weighted by Gasteiger charge is 2.42. The van der Waals surface area contributed by atoms with Crippen LogP contribution in [0.5, 0.6) is 0 Å². The SMILES string of the molecule is CC1CCC2(CCC2)NC1=O. The molecule has 1 saturated carbocycles. The van der Waals surface area contributed by atoms with E-state index >= 15 is 0 Å². The van der Waals surface area contributed by atoms with Gasteiger partial charge in [-0.05, 0) is 32.1 Å². The summed E-state index contributed by atoms with van der Waals surface area (Å²) in [5.74, 6) is 0.525. The van der Waals surface area contributed by atoms with Crippen molar-refractivity contribution in [3.05, 3.63) is 0 Å².